The Balaban J connectivity index is 1.19. The molecule has 14 heteroatoms. The first-order chi connectivity index (χ1) is 19.8. The summed E-state index contributed by atoms with van der Waals surface area (Å²) < 4.78 is 18.1. The number of hydrogen-bond acceptors (Lipinski definition) is 12. The van der Waals surface area contributed by atoms with Gasteiger partial charge in [0.2, 0.25) is 18.0 Å². The number of amides is 1. The minimum absolute atomic E-state index is 0.0206. The van der Waals surface area contributed by atoms with Gasteiger partial charge in [0.1, 0.15) is 6.10 Å². The first-order valence-electron chi connectivity index (χ1n) is 14.2. The van der Waals surface area contributed by atoms with E-state index in [0.29, 0.717) is 12.3 Å². The van der Waals surface area contributed by atoms with Crippen LogP contribution in [0.3, 0.4) is 0 Å². The Hall–Kier alpha value is -2.85. The number of esters is 1. The number of carboxylic acids is 1. The molecule has 1 aliphatic carbocycles. The Kier molecular flexibility index (Phi) is 8.51. The molecule has 0 unspecified atom stereocenters. The molecule has 1 spiro atoms. The fourth-order valence-electron chi connectivity index (χ4n) is 6.95. The van der Waals surface area contributed by atoms with E-state index >= 15 is 0 Å². The van der Waals surface area contributed by atoms with Gasteiger partial charge >= 0.3 is 11.9 Å². The Morgan fingerprint density at radius 1 is 1.17 bits per heavy atom. The normalized spacial score (nSPS) is 36.6. The second-order valence-electron chi connectivity index (χ2n) is 12.0. The number of aliphatic hydroxyl groups is 1. The third kappa shape index (κ3) is 5.60. The number of carbonyl (C=O) groups is 3. The van der Waals surface area contributed by atoms with Gasteiger partial charge in [-0.1, -0.05) is 26.0 Å². The molecular formula is C28H37N2O12-. The van der Waals surface area contributed by atoms with Crippen molar-refractivity contribution < 1.29 is 53.8 Å². The number of aliphatic carboxylic acids is 1. The van der Waals surface area contributed by atoms with Crippen molar-refractivity contribution >= 4 is 23.5 Å². The molecule has 0 aromatic heterocycles. The van der Waals surface area contributed by atoms with Gasteiger partial charge in [-0.15, -0.1) is 0 Å². The molecule has 4 saturated heterocycles. The van der Waals surface area contributed by atoms with Crippen molar-refractivity contribution in [2.45, 2.75) is 95.4 Å². The second kappa shape index (κ2) is 11.7. The Morgan fingerprint density at radius 2 is 1.93 bits per heavy atom. The minimum Gasteiger partial charge on any atom is -0.733 e. The van der Waals surface area contributed by atoms with Crippen molar-refractivity contribution in [2.75, 3.05) is 5.23 Å². The lowest BCUT2D eigenvalue weighted by molar-refractivity contribution is -0.576. The topological polar surface area (TPSA) is 196 Å². The summed E-state index contributed by atoms with van der Waals surface area (Å²) in [4.78, 5) is 49.0. The SMILES string of the molecule is C[C@H]1[C@H](OC(=O)CCC(=O)N[C@H](C(=O)O)[C@H](O)c2cccc(N([O-])O)c2)O[C@H]2O[C@@]3(C)CC[C@H]4[C@@H](C)CC[C@H]1[C@]24OO3. The Labute approximate surface area is 242 Å². The van der Waals surface area contributed by atoms with Crippen LogP contribution in [0, 0.1) is 28.9 Å². The Morgan fingerprint density at radius 3 is 2.64 bits per heavy atom. The maximum Gasteiger partial charge on any atom is 0.329 e. The van der Waals surface area contributed by atoms with Gasteiger partial charge in [-0.2, -0.15) is 0 Å². The van der Waals surface area contributed by atoms with Gasteiger partial charge in [-0.05, 0) is 55.7 Å². The molecule has 42 heavy (non-hydrogen) atoms. The van der Waals surface area contributed by atoms with E-state index in [9.17, 15) is 29.8 Å². The third-order valence-electron chi connectivity index (χ3n) is 9.23. The van der Waals surface area contributed by atoms with Gasteiger partial charge in [0.05, 0.1) is 12.1 Å². The molecule has 1 aromatic rings. The predicted molar refractivity (Wildman–Crippen MR) is 141 cm³/mol. The molecule has 0 radical (unpaired) electrons. The molecule has 10 atom stereocenters. The lowest BCUT2D eigenvalue weighted by Crippen LogP contribution is -2.70. The molecule has 4 aliphatic heterocycles. The maximum atomic E-state index is 12.8. The summed E-state index contributed by atoms with van der Waals surface area (Å²) in [5.41, 5.74) is -1.07. The summed E-state index contributed by atoms with van der Waals surface area (Å²) in [6, 6.07) is 3.22. The van der Waals surface area contributed by atoms with Crippen LogP contribution in [0.15, 0.2) is 24.3 Å². The van der Waals surface area contributed by atoms with Crippen LogP contribution in [0.5, 0.6) is 0 Å². The maximum absolute atomic E-state index is 12.8. The lowest BCUT2D eigenvalue weighted by Gasteiger charge is -2.59. The van der Waals surface area contributed by atoms with Crippen molar-refractivity contribution in [1.82, 2.24) is 5.32 Å². The number of ether oxygens (including phenoxy) is 3. The van der Waals surface area contributed by atoms with E-state index in [-0.39, 0.29) is 35.4 Å². The van der Waals surface area contributed by atoms with Crippen molar-refractivity contribution in [1.29, 1.82) is 0 Å². The van der Waals surface area contributed by atoms with Crippen LogP contribution in [0.25, 0.3) is 0 Å². The molecule has 1 aromatic carbocycles. The summed E-state index contributed by atoms with van der Waals surface area (Å²) in [6.45, 7) is 5.91. The molecule has 1 amide bonds. The number of benzene rings is 1. The molecule has 5 aliphatic rings. The molecule has 4 N–H and O–H groups in total. The molecule has 6 rings (SSSR count). The van der Waals surface area contributed by atoms with E-state index < -0.39 is 65.6 Å². The largest absolute Gasteiger partial charge is 0.733 e. The summed E-state index contributed by atoms with van der Waals surface area (Å²) in [6.07, 6.45) is -0.993. The highest BCUT2D eigenvalue weighted by Crippen LogP contribution is 2.60. The number of hydrogen-bond donors (Lipinski definition) is 4. The minimum atomic E-state index is -1.78. The van der Waals surface area contributed by atoms with Crippen molar-refractivity contribution in [3.8, 4) is 0 Å². The fourth-order valence-corrected chi connectivity index (χ4v) is 6.95. The molecule has 14 nitrogen and oxygen atoms in total. The summed E-state index contributed by atoms with van der Waals surface area (Å²) in [7, 11) is 0. The number of carbonyl (C=O) groups excluding carboxylic acids is 2. The highest BCUT2D eigenvalue weighted by atomic mass is 17.3. The molecule has 232 valence electrons. The van der Waals surface area contributed by atoms with Crippen molar-refractivity contribution in [3.63, 3.8) is 0 Å². The first kappa shape index (κ1) is 30.6. The van der Waals surface area contributed by atoms with E-state index in [1.165, 1.54) is 18.2 Å². The summed E-state index contributed by atoms with van der Waals surface area (Å²) >= 11 is 0. The number of fused-ring (bicyclic) bond motifs is 2. The number of carboxylic acid groups (broad SMARTS) is 1. The highest BCUT2D eigenvalue weighted by molar-refractivity contribution is 5.86. The second-order valence-corrected chi connectivity index (χ2v) is 12.0. The number of nitrogens with one attached hydrogen (secondary N) is 1. The van der Waals surface area contributed by atoms with Crippen molar-refractivity contribution in [3.05, 3.63) is 35.0 Å². The van der Waals surface area contributed by atoms with Crippen LogP contribution in [0.4, 0.5) is 5.69 Å². The molecule has 2 bridgehead atoms. The number of anilines is 1. The zero-order valence-electron chi connectivity index (χ0n) is 23.6. The van der Waals surface area contributed by atoms with Gasteiger partial charge in [-0.25, -0.2) is 14.6 Å². The number of aliphatic hydroxyl groups excluding tert-OH is 1. The van der Waals surface area contributed by atoms with E-state index in [1.54, 1.807) is 6.92 Å². The van der Waals surface area contributed by atoms with Gasteiger partial charge in [0.25, 0.3) is 0 Å². The van der Waals surface area contributed by atoms with E-state index in [2.05, 4.69) is 12.2 Å². The number of nitrogens with zero attached hydrogens (tertiary/aromatic N) is 1. The van der Waals surface area contributed by atoms with E-state index in [0.717, 1.165) is 25.3 Å². The zero-order chi connectivity index (χ0) is 30.4. The van der Waals surface area contributed by atoms with Crippen LogP contribution in [-0.4, -0.2) is 63.3 Å². The van der Waals surface area contributed by atoms with Gasteiger partial charge in [0, 0.05) is 24.7 Å². The standard InChI is InChI=1S/C28H37N2O12/c1-14-7-8-19-15(2)25(39-26-28(19)18(14)11-12-27(3,40-26)41-42-28)38-21(32)10-9-20(31)29-22(24(34)35)23(33)16-5-4-6-17(13-16)30(36)37/h4-6,13-15,18-19,22-23,25-26,33,36H,7-12H2,1-3H3,(H,29,31)(H,34,35)/q-1/t14-,15+,18-,19+,22-,23+,25+,26-,27+,28-/m0/s1. The third-order valence-corrected chi connectivity index (χ3v) is 9.23. The van der Waals surface area contributed by atoms with E-state index in [1.807, 2.05) is 6.92 Å². The van der Waals surface area contributed by atoms with E-state index in [4.69, 9.17) is 29.2 Å². The fraction of sp³-hybridized carbons (Fsp3) is 0.679. The van der Waals surface area contributed by atoms with Crippen LogP contribution in [0.2, 0.25) is 0 Å². The highest BCUT2D eigenvalue weighted by Gasteiger charge is 2.69. The van der Waals surface area contributed by atoms with Crippen LogP contribution in [-0.2, 0) is 38.4 Å². The average molecular weight is 594 g/mol. The molecule has 4 heterocycles. The van der Waals surface area contributed by atoms with Gasteiger partial charge in [0.15, 0.2) is 17.9 Å². The zero-order valence-corrected chi connectivity index (χ0v) is 23.6. The Bertz CT molecular complexity index is 1200. The predicted octanol–water partition coefficient (Wildman–Crippen LogP) is 2.51. The van der Waals surface area contributed by atoms with Crippen LogP contribution in [0.1, 0.15) is 71.0 Å². The quantitative estimate of drug-likeness (QED) is 0.185. The van der Waals surface area contributed by atoms with Crippen LogP contribution < -0.4 is 10.5 Å². The van der Waals surface area contributed by atoms with Crippen LogP contribution >= 0.6 is 0 Å². The number of rotatable bonds is 9. The molecular weight excluding hydrogens is 556 g/mol. The molecule has 5 fully saturated rings. The first-order valence-corrected chi connectivity index (χ1v) is 14.2. The summed E-state index contributed by atoms with van der Waals surface area (Å²) in [5, 5.41) is 42.1. The molecule has 1 saturated carbocycles. The average Bonchev–Trinajstić information content (AvgIpc) is 3.18. The summed E-state index contributed by atoms with van der Waals surface area (Å²) in [5.74, 6) is -3.85. The monoisotopic (exact) mass is 593 g/mol. The lowest BCUT2D eigenvalue weighted by atomic mass is 9.58. The smallest absolute Gasteiger partial charge is 0.329 e. The van der Waals surface area contributed by atoms with Gasteiger partial charge < -0.3 is 40.2 Å². The van der Waals surface area contributed by atoms with Gasteiger partial charge in [-0.3, -0.25) is 14.8 Å². The van der Waals surface area contributed by atoms with Crippen molar-refractivity contribution in [2.24, 2.45) is 23.7 Å².